The Morgan fingerprint density at radius 2 is 1.94 bits per heavy atom. The normalized spacial score (nSPS) is 16.9. The van der Waals surface area contributed by atoms with Crippen LogP contribution < -0.4 is 4.74 Å². The van der Waals surface area contributed by atoms with E-state index >= 15 is 0 Å². The maximum absolute atomic E-state index is 11.7. The van der Waals surface area contributed by atoms with Gasteiger partial charge in [0.05, 0.1) is 6.20 Å². The number of sulfone groups is 1. The minimum atomic E-state index is -4.01. The third-order valence-electron chi connectivity index (χ3n) is 2.24. The fourth-order valence-corrected chi connectivity index (χ4v) is 2.42. The third-order valence-corrected chi connectivity index (χ3v) is 3.94. The number of benzene rings is 1. The van der Waals surface area contributed by atoms with E-state index in [1.165, 1.54) is 0 Å². The molecule has 0 fully saturated rings. The van der Waals surface area contributed by atoms with Gasteiger partial charge in [0.1, 0.15) is 12.4 Å². The molecule has 94 valence electrons. The van der Waals surface area contributed by atoms with Crippen LogP contribution in [0, 0.1) is 0 Å². The lowest BCUT2D eigenvalue weighted by molar-refractivity contribution is -0.131. The summed E-state index contributed by atoms with van der Waals surface area (Å²) >= 11 is 0. The summed E-state index contributed by atoms with van der Waals surface area (Å²) in [7, 11) is -4.01. The standard InChI is InChI=1S/C11H9NO5S/c13-11(14)9-6-12-10(18(9,15)16)7-17-8-4-2-1-3-5-8/h1-6H,7H2,(H,13,14). The molecule has 7 heteroatoms. The highest BCUT2D eigenvalue weighted by Crippen LogP contribution is 2.18. The molecule has 1 aliphatic heterocycles. The molecule has 6 nitrogen and oxygen atoms in total. The maximum Gasteiger partial charge on any atom is 0.349 e. The van der Waals surface area contributed by atoms with Crippen LogP contribution in [0.5, 0.6) is 5.75 Å². The molecule has 1 N–H and O–H groups in total. The van der Waals surface area contributed by atoms with Gasteiger partial charge >= 0.3 is 5.97 Å². The van der Waals surface area contributed by atoms with E-state index in [9.17, 15) is 13.2 Å². The van der Waals surface area contributed by atoms with Crippen LogP contribution in [0.25, 0.3) is 0 Å². The number of ether oxygens (including phenoxy) is 1. The van der Waals surface area contributed by atoms with Crippen molar-refractivity contribution in [2.75, 3.05) is 6.61 Å². The van der Waals surface area contributed by atoms with E-state index in [4.69, 9.17) is 9.84 Å². The lowest BCUT2D eigenvalue weighted by Crippen LogP contribution is -2.23. The average Bonchev–Trinajstić information content (AvgIpc) is 2.63. The first-order valence-electron chi connectivity index (χ1n) is 4.95. The number of aliphatic imine (C=N–C) groups is 1. The summed E-state index contributed by atoms with van der Waals surface area (Å²) in [6.45, 7) is -0.292. The van der Waals surface area contributed by atoms with Crippen molar-refractivity contribution in [3.63, 3.8) is 0 Å². The molecule has 0 amide bonds. The zero-order valence-electron chi connectivity index (χ0n) is 9.11. The summed E-state index contributed by atoms with van der Waals surface area (Å²) in [5.41, 5.74) is 0. The molecule has 0 aromatic heterocycles. The van der Waals surface area contributed by atoms with Crippen molar-refractivity contribution in [2.45, 2.75) is 0 Å². The number of aliphatic carboxylic acids is 1. The van der Waals surface area contributed by atoms with Gasteiger partial charge in [0.2, 0.25) is 9.84 Å². The molecule has 1 heterocycles. The first-order chi connectivity index (χ1) is 8.51. The van der Waals surface area contributed by atoms with E-state index in [1.54, 1.807) is 30.3 Å². The van der Waals surface area contributed by atoms with Gasteiger partial charge in [0.25, 0.3) is 0 Å². The van der Waals surface area contributed by atoms with Gasteiger partial charge in [-0.1, -0.05) is 18.2 Å². The highest BCUT2D eigenvalue weighted by atomic mass is 32.2. The summed E-state index contributed by atoms with van der Waals surface area (Å²) in [6.07, 6.45) is 0.821. The van der Waals surface area contributed by atoms with Gasteiger partial charge in [-0.15, -0.1) is 0 Å². The summed E-state index contributed by atoms with van der Waals surface area (Å²) in [5, 5.41) is 8.39. The van der Waals surface area contributed by atoms with Crippen molar-refractivity contribution >= 4 is 20.9 Å². The van der Waals surface area contributed by atoms with E-state index in [1.807, 2.05) is 0 Å². The van der Waals surface area contributed by atoms with Crippen LogP contribution in [-0.4, -0.2) is 31.1 Å². The summed E-state index contributed by atoms with van der Waals surface area (Å²) in [4.78, 5) is 13.5. The number of hydrogen-bond acceptors (Lipinski definition) is 5. The highest BCUT2D eigenvalue weighted by Gasteiger charge is 2.34. The number of carbonyl (C=O) groups is 1. The number of para-hydroxylation sites is 1. The second-order valence-corrected chi connectivity index (χ2v) is 5.34. The molecule has 0 saturated heterocycles. The first-order valence-corrected chi connectivity index (χ1v) is 6.43. The van der Waals surface area contributed by atoms with Crippen molar-refractivity contribution in [1.29, 1.82) is 0 Å². The molecule has 2 rings (SSSR count). The molecule has 0 bridgehead atoms. The van der Waals surface area contributed by atoms with E-state index in [0.717, 1.165) is 6.20 Å². The van der Waals surface area contributed by atoms with Gasteiger partial charge in [-0.25, -0.2) is 18.2 Å². The number of hydrogen-bond donors (Lipinski definition) is 1. The third kappa shape index (κ3) is 2.25. The number of carboxylic acids is 1. The Bertz CT molecular complexity index is 631. The highest BCUT2D eigenvalue weighted by molar-refractivity contribution is 8.10. The van der Waals surface area contributed by atoms with Crippen LogP contribution in [0.2, 0.25) is 0 Å². The quantitative estimate of drug-likeness (QED) is 0.871. The topological polar surface area (TPSA) is 93.0 Å². The molecule has 0 atom stereocenters. The maximum atomic E-state index is 11.7. The Kier molecular flexibility index (Phi) is 3.15. The van der Waals surface area contributed by atoms with Gasteiger partial charge in [0.15, 0.2) is 9.95 Å². The van der Waals surface area contributed by atoms with E-state index in [0.29, 0.717) is 5.75 Å². The van der Waals surface area contributed by atoms with Crippen molar-refractivity contribution in [3.05, 3.63) is 41.4 Å². The van der Waals surface area contributed by atoms with Crippen molar-refractivity contribution in [3.8, 4) is 5.75 Å². The Morgan fingerprint density at radius 1 is 1.28 bits per heavy atom. The van der Waals surface area contributed by atoms with Gasteiger partial charge in [0, 0.05) is 0 Å². The fraction of sp³-hybridized carbons (Fsp3) is 0.0909. The van der Waals surface area contributed by atoms with Crippen LogP contribution >= 0.6 is 0 Å². The SMILES string of the molecule is O=C(O)C1=CN=C(COc2ccccc2)S1(=O)=O. The summed E-state index contributed by atoms with van der Waals surface area (Å²) < 4.78 is 28.6. The van der Waals surface area contributed by atoms with Crippen molar-refractivity contribution < 1.29 is 23.1 Å². The Labute approximate surface area is 103 Å². The van der Waals surface area contributed by atoms with Gasteiger partial charge in [-0.2, -0.15) is 0 Å². The molecule has 0 radical (unpaired) electrons. The molecule has 0 unspecified atom stereocenters. The minimum absolute atomic E-state index is 0.292. The lowest BCUT2D eigenvalue weighted by Gasteiger charge is -2.05. The first kappa shape index (κ1) is 12.3. The minimum Gasteiger partial charge on any atom is -0.487 e. The molecule has 1 aliphatic rings. The number of nitrogens with zero attached hydrogens (tertiary/aromatic N) is 1. The predicted octanol–water partition coefficient (Wildman–Crippen LogP) is 0.818. The number of carboxylic acid groups (broad SMARTS) is 1. The van der Waals surface area contributed by atoms with Gasteiger partial charge < -0.3 is 9.84 Å². The van der Waals surface area contributed by atoms with Crippen molar-refractivity contribution in [2.24, 2.45) is 4.99 Å². The Hall–Kier alpha value is -2.15. The van der Waals surface area contributed by atoms with Crippen LogP contribution in [0.3, 0.4) is 0 Å². The lowest BCUT2D eigenvalue weighted by atomic mass is 10.3. The number of rotatable bonds is 4. The molecular formula is C11H9NO5S. The smallest absolute Gasteiger partial charge is 0.349 e. The van der Waals surface area contributed by atoms with Gasteiger partial charge in [-0.3, -0.25) is 0 Å². The molecule has 1 aromatic rings. The van der Waals surface area contributed by atoms with E-state index in [-0.39, 0.29) is 11.7 Å². The Balaban J connectivity index is 2.08. The van der Waals surface area contributed by atoms with Crippen LogP contribution in [0.1, 0.15) is 0 Å². The van der Waals surface area contributed by atoms with Gasteiger partial charge in [-0.05, 0) is 12.1 Å². The monoisotopic (exact) mass is 267 g/mol. The molecule has 0 aliphatic carbocycles. The van der Waals surface area contributed by atoms with Crippen molar-refractivity contribution in [1.82, 2.24) is 0 Å². The molecular weight excluding hydrogens is 258 g/mol. The second kappa shape index (κ2) is 4.61. The van der Waals surface area contributed by atoms with Crippen LogP contribution in [-0.2, 0) is 14.6 Å². The molecule has 18 heavy (non-hydrogen) atoms. The average molecular weight is 267 g/mol. The molecule has 1 aromatic carbocycles. The van der Waals surface area contributed by atoms with E-state index in [2.05, 4.69) is 4.99 Å². The fourth-order valence-electron chi connectivity index (χ4n) is 1.34. The predicted molar refractivity (Wildman–Crippen MR) is 64.0 cm³/mol. The van der Waals surface area contributed by atoms with Crippen LogP contribution in [0.15, 0.2) is 46.4 Å². The summed E-state index contributed by atoms with van der Waals surface area (Å²) in [6, 6.07) is 8.59. The Morgan fingerprint density at radius 3 is 2.50 bits per heavy atom. The molecule has 0 saturated carbocycles. The zero-order valence-corrected chi connectivity index (χ0v) is 9.92. The van der Waals surface area contributed by atoms with Crippen LogP contribution in [0.4, 0.5) is 0 Å². The largest absolute Gasteiger partial charge is 0.487 e. The second-order valence-electron chi connectivity index (χ2n) is 3.43. The molecule has 0 spiro atoms. The van der Waals surface area contributed by atoms with E-state index < -0.39 is 20.7 Å². The zero-order chi connectivity index (χ0) is 13.2. The summed E-state index contributed by atoms with van der Waals surface area (Å²) in [5.74, 6) is -1.03.